The molecule has 0 aromatic carbocycles. The van der Waals surface area contributed by atoms with Gasteiger partial charge in [-0.2, -0.15) is 0 Å². The molecule has 100 valence electrons. The van der Waals surface area contributed by atoms with E-state index in [1.54, 1.807) is 4.31 Å². The first-order chi connectivity index (χ1) is 8.14. The minimum Gasteiger partial charge on any atom is -0.396 e. The molecule has 1 heterocycles. The second-order valence-electron chi connectivity index (χ2n) is 5.33. The Balaban J connectivity index is 2.00. The van der Waals surface area contributed by atoms with Gasteiger partial charge in [-0.25, -0.2) is 12.7 Å². The molecule has 0 bridgehead atoms. The highest BCUT2D eigenvalue weighted by Crippen LogP contribution is 2.30. The number of hydrogen-bond acceptors (Lipinski definition) is 3. The lowest BCUT2D eigenvalue weighted by atomic mass is 9.97. The summed E-state index contributed by atoms with van der Waals surface area (Å²) in [6, 6.07) is 0. The summed E-state index contributed by atoms with van der Waals surface area (Å²) in [6.07, 6.45) is 6.51. The van der Waals surface area contributed by atoms with Crippen LogP contribution in [-0.4, -0.2) is 42.8 Å². The molecule has 4 nitrogen and oxygen atoms in total. The van der Waals surface area contributed by atoms with E-state index in [4.69, 9.17) is 5.11 Å². The third kappa shape index (κ3) is 3.01. The lowest BCUT2D eigenvalue weighted by molar-refractivity contribution is 0.202. The molecule has 0 aromatic heterocycles. The van der Waals surface area contributed by atoms with Crippen LogP contribution in [0.25, 0.3) is 0 Å². The first kappa shape index (κ1) is 13.3. The summed E-state index contributed by atoms with van der Waals surface area (Å²) in [7, 11) is -3.06. The van der Waals surface area contributed by atoms with Crippen LogP contribution in [0, 0.1) is 5.92 Å². The van der Waals surface area contributed by atoms with Gasteiger partial charge in [-0.1, -0.05) is 12.8 Å². The van der Waals surface area contributed by atoms with Gasteiger partial charge in [-0.05, 0) is 38.0 Å². The van der Waals surface area contributed by atoms with E-state index in [9.17, 15) is 8.42 Å². The topological polar surface area (TPSA) is 57.6 Å². The van der Waals surface area contributed by atoms with Crippen molar-refractivity contribution < 1.29 is 13.5 Å². The van der Waals surface area contributed by atoms with Gasteiger partial charge in [0.05, 0.1) is 5.25 Å². The minimum absolute atomic E-state index is 0.129. The van der Waals surface area contributed by atoms with Gasteiger partial charge in [0.25, 0.3) is 0 Å². The number of sulfonamides is 1. The second kappa shape index (κ2) is 5.67. The molecular weight excluding hydrogens is 238 g/mol. The fourth-order valence-electron chi connectivity index (χ4n) is 3.07. The van der Waals surface area contributed by atoms with Crippen LogP contribution >= 0.6 is 0 Å². The lowest BCUT2D eigenvalue weighted by Crippen LogP contribution is -2.44. The van der Waals surface area contributed by atoms with Crippen LogP contribution in [0.15, 0.2) is 0 Å². The molecule has 1 saturated heterocycles. The molecule has 5 heteroatoms. The van der Waals surface area contributed by atoms with E-state index >= 15 is 0 Å². The Morgan fingerprint density at radius 2 is 1.82 bits per heavy atom. The summed E-state index contributed by atoms with van der Waals surface area (Å²) >= 11 is 0. The highest BCUT2D eigenvalue weighted by Gasteiger charge is 2.36. The number of rotatable bonds is 4. The molecule has 1 saturated carbocycles. The van der Waals surface area contributed by atoms with Crippen molar-refractivity contribution in [2.75, 3.05) is 19.7 Å². The van der Waals surface area contributed by atoms with Gasteiger partial charge in [-0.3, -0.25) is 0 Å². The summed E-state index contributed by atoms with van der Waals surface area (Å²) in [5.41, 5.74) is 0. The normalized spacial score (nSPS) is 28.6. The first-order valence-electron chi connectivity index (χ1n) is 6.74. The van der Waals surface area contributed by atoms with Crippen LogP contribution in [0.3, 0.4) is 0 Å². The van der Waals surface area contributed by atoms with Crippen molar-refractivity contribution in [2.24, 2.45) is 5.92 Å². The van der Waals surface area contributed by atoms with Gasteiger partial charge in [0.1, 0.15) is 0 Å². The average molecular weight is 261 g/mol. The summed E-state index contributed by atoms with van der Waals surface area (Å²) < 4.78 is 26.5. The number of aliphatic hydroxyl groups excluding tert-OH is 1. The number of aliphatic hydroxyl groups is 1. The Morgan fingerprint density at radius 3 is 2.47 bits per heavy atom. The molecule has 0 amide bonds. The minimum atomic E-state index is -3.06. The fourth-order valence-corrected chi connectivity index (χ4v) is 5.23. The maximum absolute atomic E-state index is 12.4. The summed E-state index contributed by atoms with van der Waals surface area (Å²) in [6.45, 7) is 1.47. The van der Waals surface area contributed by atoms with Crippen molar-refractivity contribution in [3.63, 3.8) is 0 Å². The second-order valence-corrected chi connectivity index (χ2v) is 7.54. The largest absolute Gasteiger partial charge is 0.396 e. The predicted molar refractivity (Wildman–Crippen MR) is 67.2 cm³/mol. The molecule has 1 N–H and O–H groups in total. The van der Waals surface area contributed by atoms with Crippen LogP contribution in [0.4, 0.5) is 0 Å². The molecule has 0 spiro atoms. The van der Waals surface area contributed by atoms with Crippen LogP contribution in [0.1, 0.15) is 44.9 Å². The van der Waals surface area contributed by atoms with Crippen molar-refractivity contribution in [2.45, 2.75) is 50.2 Å². The van der Waals surface area contributed by atoms with Crippen LogP contribution < -0.4 is 0 Å². The Labute approximate surface area is 104 Å². The van der Waals surface area contributed by atoms with E-state index < -0.39 is 10.0 Å². The van der Waals surface area contributed by atoms with E-state index in [0.29, 0.717) is 19.0 Å². The Bertz CT molecular complexity index is 334. The Hall–Kier alpha value is -0.130. The zero-order chi connectivity index (χ0) is 12.3. The zero-order valence-electron chi connectivity index (χ0n) is 10.3. The van der Waals surface area contributed by atoms with Crippen molar-refractivity contribution in [3.8, 4) is 0 Å². The van der Waals surface area contributed by atoms with E-state index in [0.717, 1.165) is 44.9 Å². The first-order valence-corrected chi connectivity index (χ1v) is 8.24. The molecule has 2 fully saturated rings. The summed E-state index contributed by atoms with van der Waals surface area (Å²) in [5.74, 6) is 0.352. The number of nitrogens with zero attached hydrogens (tertiary/aromatic N) is 1. The molecule has 0 radical (unpaired) electrons. The summed E-state index contributed by atoms with van der Waals surface area (Å²) in [4.78, 5) is 0. The van der Waals surface area contributed by atoms with E-state index in [2.05, 4.69) is 0 Å². The zero-order valence-corrected chi connectivity index (χ0v) is 11.2. The molecular formula is C12H23NO3S. The maximum Gasteiger partial charge on any atom is 0.216 e. The Morgan fingerprint density at radius 1 is 1.12 bits per heavy atom. The maximum atomic E-state index is 12.4. The molecule has 0 aromatic rings. The van der Waals surface area contributed by atoms with Crippen LogP contribution in [0.5, 0.6) is 0 Å². The molecule has 1 aliphatic heterocycles. The molecule has 1 unspecified atom stereocenters. The lowest BCUT2D eigenvalue weighted by Gasteiger charge is -2.33. The smallest absolute Gasteiger partial charge is 0.216 e. The third-order valence-electron chi connectivity index (χ3n) is 4.10. The van der Waals surface area contributed by atoms with Gasteiger partial charge in [0, 0.05) is 19.7 Å². The van der Waals surface area contributed by atoms with Gasteiger partial charge in [0.15, 0.2) is 0 Å². The Kier molecular flexibility index (Phi) is 4.44. The van der Waals surface area contributed by atoms with Crippen LogP contribution in [0.2, 0.25) is 0 Å². The molecule has 17 heavy (non-hydrogen) atoms. The van der Waals surface area contributed by atoms with Gasteiger partial charge in [0.2, 0.25) is 10.0 Å². The highest BCUT2D eigenvalue weighted by molar-refractivity contribution is 7.89. The molecule has 1 aliphatic carbocycles. The summed E-state index contributed by atoms with van der Waals surface area (Å²) in [5, 5.41) is 8.82. The highest BCUT2D eigenvalue weighted by atomic mass is 32.2. The predicted octanol–water partition coefficient (Wildman–Crippen LogP) is 1.35. The molecule has 2 aliphatic rings. The number of piperidine rings is 1. The van der Waals surface area contributed by atoms with E-state index in [-0.39, 0.29) is 11.9 Å². The van der Waals surface area contributed by atoms with Crippen molar-refractivity contribution in [3.05, 3.63) is 0 Å². The van der Waals surface area contributed by atoms with Gasteiger partial charge >= 0.3 is 0 Å². The van der Waals surface area contributed by atoms with Gasteiger partial charge < -0.3 is 5.11 Å². The quantitative estimate of drug-likeness (QED) is 0.831. The average Bonchev–Trinajstić information content (AvgIpc) is 2.84. The SMILES string of the molecule is O=S(=O)(C1CCCC1)N1CCCC(CCO)C1. The third-order valence-corrected chi connectivity index (χ3v) is 6.47. The van der Waals surface area contributed by atoms with Crippen molar-refractivity contribution >= 4 is 10.0 Å². The standard InChI is InChI=1S/C12H23NO3S/c14-9-7-11-4-3-8-13(10-11)17(15,16)12-5-1-2-6-12/h11-12,14H,1-10H2. The van der Waals surface area contributed by atoms with E-state index in [1.807, 2.05) is 0 Å². The van der Waals surface area contributed by atoms with Crippen molar-refractivity contribution in [1.29, 1.82) is 0 Å². The monoisotopic (exact) mass is 261 g/mol. The fraction of sp³-hybridized carbons (Fsp3) is 1.00. The van der Waals surface area contributed by atoms with Crippen molar-refractivity contribution in [1.82, 2.24) is 4.31 Å². The number of hydrogen-bond donors (Lipinski definition) is 1. The van der Waals surface area contributed by atoms with Gasteiger partial charge in [-0.15, -0.1) is 0 Å². The van der Waals surface area contributed by atoms with E-state index in [1.165, 1.54) is 0 Å². The van der Waals surface area contributed by atoms with Crippen LogP contribution in [-0.2, 0) is 10.0 Å². The molecule has 2 rings (SSSR count). The molecule has 1 atom stereocenters.